The van der Waals surface area contributed by atoms with Gasteiger partial charge >= 0.3 is 12.1 Å². The number of rotatable bonds is 8. The number of nitrogens with one attached hydrogen (secondary N) is 2. The van der Waals surface area contributed by atoms with Gasteiger partial charge in [-0.15, -0.1) is 0 Å². The molecule has 4 heterocycles. The molecule has 0 aliphatic carbocycles. The van der Waals surface area contributed by atoms with Crippen LogP contribution in [-0.4, -0.2) is 90.1 Å². The fourth-order valence-electron chi connectivity index (χ4n) is 9.14. The molecular formula is C42H49N5O9. The molecule has 4 aliphatic rings. The van der Waals surface area contributed by atoms with Gasteiger partial charge in [-0.2, -0.15) is 5.26 Å². The molecule has 2 bridgehead atoms. The number of aryl methyl sites for hydroxylation is 1. The number of hydrogen-bond acceptors (Lipinski definition) is 12. The topological polar surface area (TPSA) is 172 Å². The summed E-state index contributed by atoms with van der Waals surface area (Å²) in [5, 5.41) is 28.7. The van der Waals surface area contributed by atoms with Gasteiger partial charge in [0.05, 0.1) is 25.3 Å². The SMILES string of the molecule is COc1c(C)cc2c(c1O)[C@@H]1C3Cc4c(OC(C)=O)c(C)c5c(c4[C@H](CNC(=O)[C@H](Cc4ccccc4)NC(=O)OC(C)(C)C)N3[C@@H](C#N)[C@H](C2)N1C)OCO5. The van der Waals surface area contributed by atoms with Gasteiger partial charge in [0.25, 0.3) is 0 Å². The largest absolute Gasteiger partial charge is 0.504 e. The first kappa shape index (κ1) is 38.7. The van der Waals surface area contributed by atoms with Crippen LogP contribution in [0, 0.1) is 25.2 Å². The van der Waals surface area contributed by atoms with Crippen molar-refractivity contribution in [3.63, 3.8) is 0 Å². The van der Waals surface area contributed by atoms with Gasteiger partial charge in [-0.3, -0.25) is 19.4 Å². The van der Waals surface area contributed by atoms with E-state index in [0.717, 1.165) is 16.7 Å². The number of phenolic OH excluding ortho intramolecular Hbond substituents is 1. The van der Waals surface area contributed by atoms with Crippen molar-refractivity contribution in [3.8, 4) is 34.8 Å². The summed E-state index contributed by atoms with van der Waals surface area (Å²) in [6.07, 6.45) is 0.250. The van der Waals surface area contributed by atoms with E-state index < -0.39 is 53.8 Å². The number of likely N-dealkylation sites (N-methyl/N-ethyl adjacent to an activating group) is 1. The van der Waals surface area contributed by atoms with E-state index in [1.165, 1.54) is 14.0 Å². The molecular weight excluding hydrogens is 718 g/mol. The van der Waals surface area contributed by atoms with Gasteiger partial charge < -0.3 is 39.4 Å². The molecule has 0 spiro atoms. The van der Waals surface area contributed by atoms with Crippen LogP contribution in [0.5, 0.6) is 28.7 Å². The Morgan fingerprint density at radius 3 is 2.43 bits per heavy atom. The fraction of sp³-hybridized carbons (Fsp3) is 0.476. The zero-order chi connectivity index (χ0) is 40.2. The van der Waals surface area contributed by atoms with E-state index in [4.69, 9.17) is 23.7 Å². The number of carbonyl (C=O) groups excluding carboxylic acids is 3. The first-order valence-corrected chi connectivity index (χ1v) is 18.9. The van der Waals surface area contributed by atoms with E-state index in [1.54, 1.807) is 20.8 Å². The van der Waals surface area contributed by atoms with Crippen LogP contribution >= 0.6 is 0 Å². The van der Waals surface area contributed by atoms with E-state index in [-0.39, 0.29) is 31.5 Å². The summed E-state index contributed by atoms with van der Waals surface area (Å²) in [4.78, 5) is 44.3. The lowest BCUT2D eigenvalue weighted by Crippen LogP contribution is -2.69. The van der Waals surface area contributed by atoms with Crippen molar-refractivity contribution < 1.29 is 43.2 Å². The smallest absolute Gasteiger partial charge is 0.408 e. The molecule has 1 unspecified atom stereocenters. The number of methoxy groups -OCH3 is 1. The minimum atomic E-state index is -1.01. The molecule has 14 heteroatoms. The number of ether oxygens (including phenoxy) is 5. The van der Waals surface area contributed by atoms with E-state index in [0.29, 0.717) is 58.1 Å². The van der Waals surface area contributed by atoms with Crippen molar-refractivity contribution in [3.05, 3.63) is 75.3 Å². The first-order valence-electron chi connectivity index (χ1n) is 18.9. The summed E-state index contributed by atoms with van der Waals surface area (Å²) in [7, 11) is 3.49. The van der Waals surface area contributed by atoms with Crippen molar-refractivity contribution in [1.29, 1.82) is 5.26 Å². The van der Waals surface area contributed by atoms with Crippen LogP contribution < -0.4 is 29.6 Å². The Morgan fingerprint density at radius 2 is 1.77 bits per heavy atom. The van der Waals surface area contributed by atoms with Crippen molar-refractivity contribution >= 4 is 18.0 Å². The summed E-state index contributed by atoms with van der Waals surface area (Å²) in [6.45, 7) is 10.2. The van der Waals surface area contributed by atoms with E-state index in [1.807, 2.05) is 57.3 Å². The van der Waals surface area contributed by atoms with Crippen LogP contribution in [0.3, 0.4) is 0 Å². The average Bonchev–Trinajstić information content (AvgIpc) is 3.62. The lowest BCUT2D eigenvalue weighted by molar-refractivity contribution is -0.132. The number of nitriles is 1. The molecule has 3 aromatic rings. The highest BCUT2D eigenvalue weighted by molar-refractivity contribution is 5.86. The Hall–Kier alpha value is -5.52. The summed E-state index contributed by atoms with van der Waals surface area (Å²) in [5.41, 5.74) is 4.39. The maximum Gasteiger partial charge on any atom is 0.408 e. The number of piperazine rings is 1. The molecule has 3 aromatic carbocycles. The summed E-state index contributed by atoms with van der Waals surface area (Å²) in [5.74, 6) is 0.663. The van der Waals surface area contributed by atoms with E-state index in [9.17, 15) is 24.8 Å². The van der Waals surface area contributed by atoms with Gasteiger partial charge in [-0.05, 0) is 71.2 Å². The lowest BCUT2D eigenvalue weighted by atomic mass is 9.71. The van der Waals surface area contributed by atoms with E-state index in [2.05, 4.69) is 26.5 Å². The Balaban J connectivity index is 1.35. The molecule has 296 valence electrons. The van der Waals surface area contributed by atoms with Crippen LogP contribution in [0.1, 0.15) is 78.7 Å². The number of phenols is 1. The number of fused-ring (bicyclic) bond motifs is 9. The Bertz CT molecular complexity index is 2110. The lowest BCUT2D eigenvalue weighted by Gasteiger charge is -2.60. The first-order chi connectivity index (χ1) is 26.6. The Labute approximate surface area is 326 Å². The number of benzene rings is 3. The monoisotopic (exact) mass is 767 g/mol. The summed E-state index contributed by atoms with van der Waals surface area (Å²) >= 11 is 0. The zero-order valence-electron chi connectivity index (χ0n) is 33.0. The average molecular weight is 768 g/mol. The molecule has 1 saturated heterocycles. The molecule has 6 atom stereocenters. The van der Waals surface area contributed by atoms with Gasteiger partial charge in [0.15, 0.2) is 23.0 Å². The molecule has 0 radical (unpaired) electrons. The summed E-state index contributed by atoms with van der Waals surface area (Å²) in [6, 6.07) is 10.4. The number of alkyl carbamates (subject to hydrolysis) is 1. The Kier molecular flexibility index (Phi) is 10.3. The number of nitrogens with zero attached hydrogens (tertiary/aromatic N) is 3. The number of aromatic hydroxyl groups is 1. The van der Waals surface area contributed by atoms with Crippen molar-refractivity contribution in [2.24, 2.45) is 0 Å². The third kappa shape index (κ3) is 6.83. The number of esters is 1. The molecule has 1 fully saturated rings. The molecule has 0 saturated carbocycles. The minimum Gasteiger partial charge on any atom is -0.504 e. The van der Waals surface area contributed by atoms with E-state index >= 15 is 0 Å². The molecule has 14 nitrogen and oxygen atoms in total. The number of hydrogen-bond donors (Lipinski definition) is 3. The minimum absolute atomic E-state index is 0.0145. The third-order valence-corrected chi connectivity index (χ3v) is 11.3. The van der Waals surface area contributed by atoms with Crippen LogP contribution in [-0.2, 0) is 33.6 Å². The Morgan fingerprint density at radius 1 is 1.05 bits per heavy atom. The molecule has 3 N–H and O–H groups in total. The van der Waals surface area contributed by atoms with Crippen LogP contribution in [0.4, 0.5) is 4.79 Å². The highest BCUT2D eigenvalue weighted by Crippen LogP contribution is 2.58. The predicted octanol–water partition coefficient (Wildman–Crippen LogP) is 4.70. The fourth-order valence-corrected chi connectivity index (χ4v) is 9.14. The van der Waals surface area contributed by atoms with Crippen LogP contribution in [0.25, 0.3) is 0 Å². The van der Waals surface area contributed by atoms with Gasteiger partial charge in [0, 0.05) is 54.2 Å². The van der Waals surface area contributed by atoms with Gasteiger partial charge in [-0.25, -0.2) is 4.79 Å². The second kappa shape index (κ2) is 14.9. The molecule has 2 amide bonds. The summed E-state index contributed by atoms with van der Waals surface area (Å²) < 4.78 is 29.3. The van der Waals surface area contributed by atoms with Crippen molar-refractivity contribution in [1.82, 2.24) is 20.4 Å². The number of amides is 2. The zero-order valence-corrected chi connectivity index (χ0v) is 33.0. The molecule has 56 heavy (non-hydrogen) atoms. The van der Waals surface area contributed by atoms with Crippen molar-refractivity contribution in [2.75, 3.05) is 27.5 Å². The molecule has 0 aromatic heterocycles. The molecule has 4 aliphatic heterocycles. The van der Waals surface area contributed by atoms with Crippen molar-refractivity contribution in [2.45, 2.75) is 103 Å². The second-order valence-electron chi connectivity index (χ2n) is 16.0. The highest BCUT2D eigenvalue weighted by atomic mass is 16.7. The second-order valence-corrected chi connectivity index (χ2v) is 16.0. The van der Waals surface area contributed by atoms with Gasteiger partial charge in [-0.1, -0.05) is 36.4 Å². The molecule has 7 rings (SSSR count). The van der Waals surface area contributed by atoms with Gasteiger partial charge in [0.1, 0.15) is 23.4 Å². The quantitative estimate of drug-likeness (QED) is 0.214. The standard InChI is InChI=1S/C42H49N5O9/c1-21-14-25-16-28-30(18-43)47-29(34(46(28)7)32(25)35(49)36(21)52-8)17-26-33(39-38(53-20-54-39)22(2)37(26)55-23(3)48)31(47)19-44-40(50)27(15-24-12-10-9-11-13-24)45-41(51)56-42(4,5)6/h9-14,27-31,34,49H,15-17,19-20H2,1-8H3,(H,44,50)(H,45,51)/t27-,28-,29?,30-,31-,34-/m0/s1. The van der Waals surface area contributed by atoms with Crippen LogP contribution in [0.2, 0.25) is 0 Å². The number of carbonyl (C=O) groups is 3. The van der Waals surface area contributed by atoms with Gasteiger partial charge in [0.2, 0.25) is 12.7 Å². The third-order valence-electron chi connectivity index (χ3n) is 11.3. The van der Waals surface area contributed by atoms with Crippen LogP contribution in [0.15, 0.2) is 36.4 Å². The highest BCUT2D eigenvalue weighted by Gasteiger charge is 2.57. The maximum absolute atomic E-state index is 14.3. The normalized spacial score (nSPS) is 22.7. The maximum atomic E-state index is 14.3. The predicted molar refractivity (Wildman–Crippen MR) is 204 cm³/mol.